The van der Waals surface area contributed by atoms with Crippen molar-refractivity contribution in [2.45, 2.75) is 27.4 Å². The van der Waals surface area contributed by atoms with Gasteiger partial charge in [-0.2, -0.15) is 4.37 Å². The molecule has 0 aliphatic rings. The van der Waals surface area contributed by atoms with E-state index in [4.69, 9.17) is 5.11 Å². The predicted molar refractivity (Wildman–Crippen MR) is 61.6 cm³/mol. The van der Waals surface area contributed by atoms with Crippen LogP contribution in [0.5, 0.6) is 0 Å². The van der Waals surface area contributed by atoms with Gasteiger partial charge < -0.3 is 5.11 Å². The number of hydrogen-bond donors (Lipinski definition) is 1. The molecule has 0 fully saturated rings. The highest BCUT2D eigenvalue weighted by atomic mass is 32.1. The fourth-order valence-electron chi connectivity index (χ4n) is 1.21. The molecule has 1 aromatic heterocycles. The van der Waals surface area contributed by atoms with Crippen LogP contribution >= 0.6 is 11.5 Å². The van der Waals surface area contributed by atoms with E-state index in [1.54, 1.807) is 0 Å². The fourth-order valence-corrected chi connectivity index (χ4v) is 1.87. The van der Waals surface area contributed by atoms with Crippen LogP contribution in [-0.2, 0) is 6.61 Å². The van der Waals surface area contributed by atoms with Gasteiger partial charge in [-0.25, -0.2) is 0 Å². The molecule has 14 heavy (non-hydrogen) atoms. The maximum absolute atomic E-state index is 8.91. The van der Waals surface area contributed by atoms with Crippen LogP contribution in [0.3, 0.4) is 0 Å². The third-order valence-corrected chi connectivity index (χ3v) is 2.69. The topological polar surface area (TPSA) is 33.1 Å². The monoisotopic (exact) mass is 209 g/mol. The predicted octanol–water partition coefficient (Wildman–Crippen LogP) is 3.12. The van der Waals surface area contributed by atoms with Gasteiger partial charge in [0.1, 0.15) is 0 Å². The molecule has 1 heterocycles. The number of aryl methyl sites for hydroxylation is 1. The normalized spacial score (nSPS) is 9.71. The zero-order valence-corrected chi connectivity index (χ0v) is 9.56. The minimum absolute atomic E-state index is 0.102. The van der Waals surface area contributed by atoms with E-state index in [2.05, 4.69) is 4.37 Å². The molecule has 76 valence electrons. The highest BCUT2D eigenvalue weighted by Crippen LogP contribution is 2.22. The molecule has 0 bridgehead atoms. The molecule has 2 aromatic rings. The molecule has 1 N–H and O–H groups in total. The maximum Gasteiger partial charge on any atom is 0.0843 e. The van der Waals surface area contributed by atoms with Crippen LogP contribution in [0.15, 0.2) is 18.2 Å². The molecule has 0 unspecified atom stereocenters. The minimum atomic E-state index is 0.102. The van der Waals surface area contributed by atoms with E-state index in [9.17, 15) is 0 Å². The molecule has 0 amide bonds. The summed E-state index contributed by atoms with van der Waals surface area (Å²) in [7, 11) is 0. The number of nitrogens with zero attached hydrogens (tertiary/aromatic N) is 1. The lowest BCUT2D eigenvalue weighted by Gasteiger charge is -1.94. The smallest absolute Gasteiger partial charge is 0.0843 e. The lowest BCUT2D eigenvalue weighted by atomic mass is 10.1. The minimum Gasteiger partial charge on any atom is -0.392 e. The molecule has 0 aliphatic heterocycles. The summed E-state index contributed by atoms with van der Waals surface area (Å²) in [5, 5.41) is 10.1. The second-order valence-electron chi connectivity index (χ2n) is 2.75. The standard InChI is InChI=1S/C9H9NOS.C2H6/c1-6-8-4-7(5-11)2-3-9(8)10-12-6;1-2/h2-4,11H,5H2,1H3;1-2H3. The number of aliphatic hydroxyl groups excluding tert-OH is 1. The van der Waals surface area contributed by atoms with Crippen molar-refractivity contribution in [1.29, 1.82) is 0 Å². The Labute approximate surface area is 88.4 Å². The van der Waals surface area contributed by atoms with Crippen molar-refractivity contribution < 1.29 is 5.11 Å². The molecular weight excluding hydrogens is 194 g/mol. The third-order valence-electron chi connectivity index (χ3n) is 1.90. The van der Waals surface area contributed by atoms with Crippen molar-refractivity contribution in [3.05, 3.63) is 28.6 Å². The first-order valence-corrected chi connectivity index (χ1v) is 5.54. The Bertz CT molecular complexity index is 409. The van der Waals surface area contributed by atoms with Gasteiger partial charge in [0, 0.05) is 10.3 Å². The number of aromatic nitrogens is 1. The number of hydrogen-bond acceptors (Lipinski definition) is 3. The van der Waals surface area contributed by atoms with Gasteiger partial charge >= 0.3 is 0 Å². The van der Waals surface area contributed by atoms with Crippen LogP contribution in [0, 0.1) is 6.92 Å². The lowest BCUT2D eigenvalue weighted by Crippen LogP contribution is -1.81. The van der Waals surface area contributed by atoms with Crippen LogP contribution in [0.25, 0.3) is 10.9 Å². The van der Waals surface area contributed by atoms with E-state index in [1.807, 2.05) is 39.0 Å². The van der Waals surface area contributed by atoms with Crippen LogP contribution in [-0.4, -0.2) is 9.48 Å². The molecule has 0 saturated carbocycles. The van der Waals surface area contributed by atoms with Gasteiger partial charge in [0.05, 0.1) is 12.1 Å². The number of aliphatic hydroxyl groups is 1. The first kappa shape index (κ1) is 11.1. The summed E-state index contributed by atoms with van der Waals surface area (Å²) in [5.74, 6) is 0. The van der Waals surface area contributed by atoms with Crippen molar-refractivity contribution in [1.82, 2.24) is 4.37 Å². The molecule has 0 saturated heterocycles. The van der Waals surface area contributed by atoms with Crippen LogP contribution in [0.2, 0.25) is 0 Å². The Hall–Kier alpha value is -0.930. The van der Waals surface area contributed by atoms with E-state index >= 15 is 0 Å². The first-order chi connectivity index (χ1) is 6.81. The average Bonchev–Trinajstić information content (AvgIpc) is 2.63. The van der Waals surface area contributed by atoms with E-state index in [-0.39, 0.29) is 6.61 Å². The molecular formula is C11H15NOS. The zero-order valence-electron chi connectivity index (χ0n) is 8.74. The van der Waals surface area contributed by atoms with Crippen molar-refractivity contribution >= 4 is 22.4 Å². The van der Waals surface area contributed by atoms with E-state index in [1.165, 1.54) is 16.4 Å². The Kier molecular flexibility index (Phi) is 4.04. The van der Waals surface area contributed by atoms with Gasteiger partial charge in [0.2, 0.25) is 0 Å². The summed E-state index contributed by atoms with van der Waals surface area (Å²) < 4.78 is 4.25. The largest absolute Gasteiger partial charge is 0.392 e. The Morgan fingerprint density at radius 1 is 1.36 bits per heavy atom. The summed E-state index contributed by atoms with van der Waals surface area (Å²) in [4.78, 5) is 1.21. The highest BCUT2D eigenvalue weighted by molar-refractivity contribution is 7.07. The van der Waals surface area contributed by atoms with Gasteiger partial charge in [0.25, 0.3) is 0 Å². The van der Waals surface area contributed by atoms with Crippen molar-refractivity contribution in [2.24, 2.45) is 0 Å². The SMILES string of the molecule is CC.Cc1snc2ccc(CO)cc12. The quantitative estimate of drug-likeness (QED) is 0.782. The van der Waals surface area contributed by atoms with Crippen LogP contribution < -0.4 is 0 Å². The van der Waals surface area contributed by atoms with E-state index in [0.717, 1.165) is 16.5 Å². The Morgan fingerprint density at radius 2 is 2.07 bits per heavy atom. The van der Waals surface area contributed by atoms with Gasteiger partial charge in [-0.05, 0) is 36.2 Å². The molecule has 0 aliphatic carbocycles. The Balaban J connectivity index is 0.000000461. The number of rotatable bonds is 1. The zero-order chi connectivity index (χ0) is 10.6. The lowest BCUT2D eigenvalue weighted by molar-refractivity contribution is 0.282. The molecule has 3 heteroatoms. The molecule has 2 nitrogen and oxygen atoms in total. The van der Waals surface area contributed by atoms with Crippen LogP contribution in [0.4, 0.5) is 0 Å². The van der Waals surface area contributed by atoms with Gasteiger partial charge in [0.15, 0.2) is 0 Å². The summed E-state index contributed by atoms with van der Waals surface area (Å²) in [6.45, 7) is 6.15. The molecule has 0 radical (unpaired) electrons. The molecule has 2 rings (SSSR count). The van der Waals surface area contributed by atoms with Crippen molar-refractivity contribution in [3.63, 3.8) is 0 Å². The van der Waals surface area contributed by atoms with Crippen molar-refractivity contribution in [3.8, 4) is 0 Å². The fraction of sp³-hybridized carbons (Fsp3) is 0.364. The van der Waals surface area contributed by atoms with Gasteiger partial charge in [-0.3, -0.25) is 0 Å². The third kappa shape index (κ3) is 2.11. The average molecular weight is 209 g/mol. The van der Waals surface area contributed by atoms with E-state index in [0.29, 0.717) is 0 Å². The Morgan fingerprint density at radius 3 is 2.71 bits per heavy atom. The molecule has 1 aromatic carbocycles. The molecule has 0 atom stereocenters. The summed E-state index contributed by atoms with van der Waals surface area (Å²) >= 11 is 1.51. The van der Waals surface area contributed by atoms with E-state index < -0.39 is 0 Å². The summed E-state index contributed by atoms with van der Waals surface area (Å²) in [6, 6.07) is 5.85. The maximum atomic E-state index is 8.91. The van der Waals surface area contributed by atoms with Crippen molar-refractivity contribution in [2.75, 3.05) is 0 Å². The highest BCUT2D eigenvalue weighted by Gasteiger charge is 2.01. The van der Waals surface area contributed by atoms with Crippen LogP contribution in [0.1, 0.15) is 24.3 Å². The van der Waals surface area contributed by atoms with Gasteiger partial charge in [-0.15, -0.1) is 0 Å². The molecule has 0 spiro atoms. The second-order valence-corrected chi connectivity index (χ2v) is 3.73. The van der Waals surface area contributed by atoms with Gasteiger partial charge in [-0.1, -0.05) is 19.9 Å². The summed E-state index contributed by atoms with van der Waals surface area (Å²) in [5.41, 5.74) is 1.97. The summed E-state index contributed by atoms with van der Waals surface area (Å²) in [6.07, 6.45) is 0. The number of fused-ring (bicyclic) bond motifs is 1. The second kappa shape index (κ2) is 5.08. The first-order valence-electron chi connectivity index (χ1n) is 4.77. The number of benzene rings is 1.